The summed E-state index contributed by atoms with van der Waals surface area (Å²) in [5.74, 6) is -0.382. The van der Waals surface area contributed by atoms with Gasteiger partial charge < -0.3 is 4.74 Å². The highest BCUT2D eigenvalue weighted by Gasteiger charge is 2.35. The molecule has 2 aromatic carbocycles. The Morgan fingerprint density at radius 2 is 1.74 bits per heavy atom. The van der Waals surface area contributed by atoms with E-state index in [9.17, 15) is 17.6 Å². The second-order valence-electron chi connectivity index (χ2n) is 6.85. The van der Waals surface area contributed by atoms with Crippen molar-refractivity contribution in [1.82, 2.24) is 4.90 Å². The van der Waals surface area contributed by atoms with E-state index in [1.165, 1.54) is 17.0 Å². The molecular formula is C20H22FNO4S. The van der Waals surface area contributed by atoms with Crippen LogP contribution in [0.1, 0.15) is 23.1 Å². The summed E-state index contributed by atoms with van der Waals surface area (Å²) < 4.78 is 42.3. The van der Waals surface area contributed by atoms with Gasteiger partial charge in [-0.15, -0.1) is 0 Å². The lowest BCUT2D eigenvalue weighted by molar-refractivity contribution is 0.0810. The number of hydrogen-bond acceptors (Lipinski definition) is 4. The number of rotatable bonds is 5. The molecular weight excluding hydrogens is 369 g/mol. The van der Waals surface area contributed by atoms with E-state index in [1.54, 1.807) is 12.1 Å². The van der Waals surface area contributed by atoms with E-state index in [1.807, 2.05) is 31.2 Å². The molecule has 0 bridgehead atoms. The topological polar surface area (TPSA) is 63.7 Å². The first kappa shape index (κ1) is 19.4. The van der Waals surface area contributed by atoms with Crippen LogP contribution in [0.2, 0.25) is 0 Å². The average Bonchev–Trinajstić information content (AvgIpc) is 3.00. The highest BCUT2D eigenvalue weighted by atomic mass is 32.2. The van der Waals surface area contributed by atoms with E-state index >= 15 is 0 Å². The molecule has 0 N–H and O–H groups in total. The summed E-state index contributed by atoms with van der Waals surface area (Å²) in [5.41, 5.74) is 2.68. The van der Waals surface area contributed by atoms with E-state index in [2.05, 4.69) is 0 Å². The molecule has 0 unspecified atom stereocenters. The van der Waals surface area contributed by atoms with E-state index in [-0.39, 0.29) is 30.5 Å². The van der Waals surface area contributed by atoms with Gasteiger partial charge in [-0.3, -0.25) is 4.90 Å². The minimum Gasteiger partial charge on any atom is -0.445 e. The molecule has 1 atom stereocenters. The number of sulfone groups is 1. The first-order chi connectivity index (χ1) is 12.8. The Kier molecular flexibility index (Phi) is 5.79. The smallest absolute Gasteiger partial charge is 0.410 e. The Bertz CT molecular complexity index is 895. The molecule has 1 aliphatic heterocycles. The van der Waals surface area contributed by atoms with Crippen LogP contribution in [0.3, 0.4) is 0 Å². The predicted molar refractivity (Wildman–Crippen MR) is 100 cm³/mol. The largest absolute Gasteiger partial charge is 0.445 e. The standard InChI is InChI=1S/C20H22FNO4S/c1-15-2-4-17(5-3-15)13-26-20(23)22(19-10-11-27(24,25)14-19)12-16-6-8-18(21)9-7-16/h2-9,19H,10-14H2,1H3/t19-/m1/s1. The Morgan fingerprint density at radius 1 is 1.11 bits per heavy atom. The minimum absolute atomic E-state index is 0.0584. The number of aryl methyl sites for hydroxylation is 1. The first-order valence-corrected chi connectivity index (χ1v) is 10.6. The SMILES string of the molecule is Cc1ccc(COC(=O)N(Cc2ccc(F)cc2)[C@@H]2CCS(=O)(=O)C2)cc1. The Labute approximate surface area is 158 Å². The van der Waals surface area contributed by atoms with Crippen LogP contribution < -0.4 is 0 Å². The summed E-state index contributed by atoms with van der Waals surface area (Å²) >= 11 is 0. The van der Waals surface area contributed by atoms with Crippen LogP contribution in [0.15, 0.2) is 48.5 Å². The molecule has 0 aliphatic carbocycles. The van der Waals surface area contributed by atoms with Gasteiger partial charge >= 0.3 is 6.09 Å². The van der Waals surface area contributed by atoms with Crippen LogP contribution in [-0.2, 0) is 27.7 Å². The van der Waals surface area contributed by atoms with Gasteiger partial charge in [0, 0.05) is 6.54 Å². The Hall–Kier alpha value is -2.41. The predicted octanol–water partition coefficient (Wildman–Crippen LogP) is 3.46. The van der Waals surface area contributed by atoms with Crippen molar-refractivity contribution >= 4 is 15.9 Å². The third-order valence-corrected chi connectivity index (χ3v) is 6.38. The number of halogens is 1. The maximum Gasteiger partial charge on any atom is 0.410 e. The van der Waals surface area contributed by atoms with Gasteiger partial charge in [0.1, 0.15) is 12.4 Å². The van der Waals surface area contributed by atoms with Crippen LogP contribution in [0.5, 0.6) is 0 Å². The molecule has 27 heavy (non-hydrogen) atoms. The fourth-order valence-corrected chi connectivity index (χ4v) is 4.79. The highest BCUT2D eigenvalue weighted by molar-refractivity contribution is 7.91. The van der Waals surface area contributed by atoms with Gasteiger partial charge in [0.25, 0.3) is 0 Å². The lowest BCUT2D eigenvalue weighted by atomic mass is 10.1. The van der Waals surface area contributed by atoms with Crippen molar-refractivity contribution in [3.8, 4) is 0 Å². The molecule has 1 saturated heterocycles. The monoisotopic (exact) mass is 391 g/mol. The number of hydrogen-bond donors (Lipinski definition) is 0. The van der Waals surface area contributed by atoms with Gasteiger partial charge in [-0.2, -0.15) is 0 Å². The quantitative estimate of drug-likeness (QED) is 0.783. The van der Waals surface area contributed by atoms with E-state index in [0.29, 0.717) is 12.0 Å². The molecule has 1 aliphatic rings. The van der Waals surface area contributed by atoms with Crippen molar-refractivity contribution in [2.24, 2.45) is 0 Å². The van der Waals surface area contributed by atoms with Crippen LogP contribution >= 0.6 is 0 Å². The van der Waals surface area contributed by atoms with Crippen molar-refractivity contribution in [3.05, 3.63) is 71.0 Å². The normalized spacial score (nSPS) is 18.2. The molecule has 144 valence electrons. The molecule has 2 aromatic rings. The van der Waals surface area contributed by atoms with E-state index in [4.69, 9.17) is 4.74 Å². The van der Waals surface area contributed by atoms with E-state index in [0.717, 1.165) is 11.1 Å². The summed E-state index contributed by atoms with van der Waals surface area (Å²) in [6.07, 6.45) is -0.189. The van der Waals surface area contributed by atoms with Crippen molar-refractivity contribution < 1.29 is 22.3 Å². The summed E-state index contributed by atoms with van der Waals surface area (Å²) in [5, 5.41) is 0. The number of benzene rings is 2. The summed E-state index contributed by atoms with van der Waals surface area (Å²) in [6, 6.07) is 13.0. The van der Waals surface area contributed by atoms with Crippen molar-refractivity contribution in [3.63, 3.8) is 0 Å². The van der Waals surface area contributed by atoms with Crippen molar-refractivity contribution in [2.75, 3.05) is 11.5 Å². The second kappa shape index (κ2) is 8.08. The van der Waals surface area contributed by atoms with E-state index < -0.39 is 22.0 Å². The molecule has 7 heteroatoms. The number of amides is 1. The summed E-state index contributed by atoms with van der Waals surface area (Å²) in [6.45, 7) is 2.26. The van der Waals surface area contributed by atoms with Gasteiger partial charge in [-0.1, -0.05) is 42.0 Å². The Balaban J connectivity index is 1.72. The molecule has 1 amide bonds. The maximum absolute atomic E-state index is 13.1. The molecule has 0 aromatic heterocycles. The lowest BCUT2D eigenvalue weighted by Crippen LogP contribution is -2.40. The number of nitrogens with zero attached hydrogens (tertiary/aromatic N) is 1. The minimum atomic E-state index is -3.15. The number of carbonyl (C=O) groups is 1. The van der Waals surface area contributed by atoms with Gasteiger partial charge in [-0.05, 0) is 36.6 Å². The molecule has 0 radical (unpaired) electrons. The zero-order chi connectivity index (χ0) is 19.4. The van der Waals surface area contributed by atoms with Crippen LogP contribution in [-0.4, -0.2) is 37.0 Å². The van der Waals surface area contributed by atoms with Crippen LogP contribution in [0.4, 0.5) is 9.18 Å². The first-order valence-electron chi connectivity index (χ1n) is 8.76. The Morgan fingerprint density at radius 3 is 2.33 bits per heavy atom. The van der Waals surface area contributed by atoms with Crippen molar-refractivity contribution in [2.45, 2.75) is 32.5 Å². The van der Waals surface area contributed by atoms with Crippen LogP contribution in [0, 0.1) is 12.7 Å². The number of carbonyl (C=O) groups excluding carboxylic acids is 1. The fourth-order valence-electron chi connectivity index (χ4n) is 3.06. The average molecular weight is 391 g/mol. The summed E-state index contributed by atoms with van der Waals surface area (Å²) in [7, 11) is -3.15. The van der Waals surface area contributed by atoms with Gasteiger partial charge in [0.15, 0.2) is 9.84 Å². The van der Waals surface area contributed by atoms with Crippen LogP contribution in [0.25, 0.3) is 0 Å². The molecule has 1 fully saturated rings. The second-order valence-corrected chi connectivity index (χ2v) is 9.08. The number of ether oxygens (including phenoxy) is 1. The van der Waals surface area contributed by atoms with Gasteiger partial charge in [0.05, 0.1) is 17.5 Å². The zero-order valence-electron chi connectivity index (χ0n) is 15.1. The summed E-state index contributed by atoms with van der Waals surface area (Å²) in [4.78, 5) is 14.1. The molecule has 1 heterocycles. The maximum atomic E-state index is 13.1. The molecule has 0 spiro atoms. The molecule has 0 saturated carbocycles. The van der Waals surface area contributed by atoms with Crippen molar-refractivity contribution in [1.29, 1.82) is 0 Å². The molecule has 3 rings (SSSR count). The third-order valence-electron chi connectivity index (χ3n) is 4.63. The zero-order valence-corrected chi connectivity index (χ0v) is 15.9. The lowest BCUT2D eigenvalue weighted by Gasteiger charge is -2.27. The van der Waals surface area contributed by atoms with Gasteiger partial charge in [-0.25, -0.2) is 17.6 Å². The molecule has 5 nitrogen and oxygen atoms in total. The van der Waals surface area contributed by atoms with Gasteiger partial charge in [0.2, 0.25) is 0 Å². The third kappa shape index (κ3) is 5.29. The fraction of sp³-hybridized carbons (Fsp3) is 0.350. The highest BCUT2D eigenvalue weighted by Crippen LogP contribution is 2.21.